The van der Waals surface area contributed by atoms with Crippen LogP contribution in [0.15, 0.2) is 30.5 Å². The molecule has 3 aromatic rings. The van der Waals surface area contributed by atoms with Gasteiger partial charge >= 0.3 is 5.97 Å². The van der Waals surface area contributed by atoms with Crippen molar-refractivity contribution in [3.8, 4) is 22.9 Å². The third-order valence-corrected chi connectivity index (χ3v) is 4.82. The lowest BCUT2D eigenvalue weighted by Crippen LogP contribution is -2.30. The highest BCUT2D eigenvalue weighted by molar-refractivity contribution is 5.96. The number of hydrogen-bond acceptors (Lipinski definition) is 7. The summed E-state index contributed by atoms with van der Waals surface area (Å²) >= 11 is 0. The van der Waals surface area contributed by atoms with Crippen molar-refractivity contribution in [2.24, 2.45) is 7.05 Å². The lowest BCUT2D eigenvalue weighted by molar-refractivity contribution is -0.134. The van der Waals surface area contributed by atoms with Crippen LogP contribution in [0.25, 0.3) is 11.4 Å². The minimum absolute atomic E-state index is 0.0135. The van der Waals surface area contributed by atoms with Gasteiger partial charge in [-0.25, -0.2) is 9.97 Å². The molecule has 32 heavy (non-hydrogen) atoms. The summed E-state index contributed by atoms with van der Waals surface area (Å²) in [5.74, 6) is 0.363. The Morgan fingerprint density at radius 2 is 1.88 bits per heavy atom. The molecule has 0 aliphatic rings. The van der Waals surface area contributed by atoms with E-state index in [4.69, 9.17) is 9.47 Å². The molecule has 1 aromatic carbocycles. The van der Waals surface area contributed by atoms with Crippen molar-refractivity contribution in [3.05, 3.63) is 53.1 Å². The molecule has 1 atom stereocenters. The minimum atomic E-state index is -0.522. The Hall–Kier alpha value is -3.75. The fraction of sp³-hybridized carbons (Fsp3) is 0.348. The number of carbonyl (C=O) groups excluding carboxylic acids is 2. The van der Waals surface area contributed by atoms with E-state index in [0.717, 1.165) is 16.7 Å². The number of nitrogens with zero attached hydrogens (tertiary/aromatic N) is 4. The SMILES string of the molecule is CCC(=O)Oc1c(OC)ccnc1C(=O)N[C@@H](C)c1nc(-c2cc(C)cc(C)c2)nn1C. The second kappa shape index (κ2) is 9.59. The molecular weight excluding hydrogens is 410 g/mol. The summed E-state index contributed by atoms with van der Waals surface area (Å²) in [7, 11) is 3.20. The minimum Gasteiger partial charge on any atom is -0.493 e. The number of esters is 1. The van der Waals surface area contributed by atoms with Crippen LogP contribution in [0.5, 0.6) is 11.5 Å². The highest BCUT2D eigenvalue weighted by atomic mass is 16.6. The number of aryl methyl sites for hydroxylation is 3. The molecule has 0 aliphatic carbocycles. The van der Waals surface area contributed by atoms with Crippen molar-refractivity contribution >= 4 is 11.9 Å². The monoisotopic (exact) mass is 437 g/mol. The summed E-state index contributed by atoms with van der Waals surface area (Å²) in [6, 6.07) is 7.16. The van der Waals surface area contributed by atoms with E-state index in [-0.39, 0.29) is 23.6 Å². The third kappa shape index (κ3) is 4.93. The summed E-state index contributed by atoms with van der Waals surface area (Å²) < 4.78 is 12.2. The summed E-state index contributed by atoms with van der Waals surface area (Å²) in [6.45, 7) is 7.50. The summed E-state index contributed by atoms with van der Waals surface area (Å²) in [5.41, 5.74) is 3.10. The van der Waals surface area contributed by atoms with Crippen LogP contribution in [0.3, 0.4) is 0 Å². The molecule has 0 unspecified atom stereocenters. The standard InChI is InChI=1S/C23H27N5O4/c1-7-18(29)32-20-17(31-6)8-9-24-19(20)23(30)25-15(4)22-26-21(27-28(22)5)16-11-13(2)10-14(3)12-16/h8-12,15H,7H2,1-6H3,(H,25,30)/t15-/m0/s1. The van der Waals surface area contributed by atoms with Crippen LogP contribution in [0.4, 0.5) is 0 Å². The Labute approximate surface area is 186 Å². The van der Waals surface area contributed by atoms with Gasteiger partial charge in [-0.2, -0.15) is 5.10 Å². The van der Waals surface area contributed by atoms with Gasteiger partial charge in [-0.15, -0.1) is 0 Å². The number of methoxy groups -OCH3 is 1. The van der Waals surface area contributed by atoms with Gasteiger partial charge in [-0.05, 0) is 32.9 Å². The first kappa shape index (κ1) is 22.9. The molecule has 3 rings (SSSR count). The van der Waals surface area contributed by atoms with Gasteiger partial charge < -0.3 is 14.8 Å². The van der Waals surface area contributed by atoms with Gasteiger partial charge in [0.25, 0.3) is 5.91 Å². The highest BCUT2D eigenvalue weighted by Gasteiger charge is 2.24. The Bertz CT molecular complexity index is 1140. The molecule has 2 aromatic heterocycles. The summed E-state index contributed by atoms with van der Waals surface area (Å²) in [5, 5.41) is 7.36. The number of ether oxygens (including phenoxy) is 2. The third-order valence-electron chi connectivity index (χ3n) is 4.82. The number of benzene rings is 1. The normalized spacial score (nSPS) is 11.7. The number of carbonyl (C=O) groups is 2. The molecule has 0 saturated carbocycles. The molecule has 0 spiro atoms. The van der Waals surface area contributed by atoms with Crippen LogP contribution in [-0.4, -0.2) is 38.7 Å². The molecule has 0 bridgehead atoms. The summed E-state index contributed by atoms with van der Waals surface area (Å²) in [4.78, 5) is 33.6. The maximum atomic E-state index is 13.0. The topological polar surface area (TPSA) is 108 Å². The van der Waals surface area contributed by atoms with Crippen LogP contribution in [0.2, 0.25) is 0 Å². The lowest BCUT2D eigenvalue weighted by Gasteiger charge is -2.15. The molecule has 9 heteroatoms. The first-order valence-electron chi connectivity index (χ1n) is 10.3. The molecular formula is C23H27N5O4. The predicted molar refractivity (Wildman–Crippen MR) is 119 cm³/mol. The molecule has 0 saturated heterocycles. The van der Waals surface area contributed by atoms with Crippen molar-refractivity contribution < 1.29 is 19.1 Å². The van der Waals surface area contributed by atoms with Crippen molar-refractivity contribution in [2.45, 2.75) is 40.2 Å². The molecule has 1 N–H and O–H groups in total. The van der Waals surface area contributed by atoms with E-state index < -0.39 is 17.9 Å². The maximum absolute atomic E-state index is 13.0. The lowest BCUT2D eigenvalue weighted by atomic mass is 10.1. The first-order valence-corrected chi connectivity index (χ1v) is 10.3. The van der Waals surface area contributed by atoms with Crippen LogP contribution in [0, 0.1) is 13.8 Å². The van der Waals surface area contributed by atoms with Crippen molar-refractivity contribution in [2.75, 3.05) is 7.11 Å². The molecule has 168 valence electrons. The Kier molecular flexibility index (Phi) is 6.87. The van der Waals surface area contributed by atoms with Crippen LogP contribution in [0.1, 0.15) is 53.7 Å². The number of rotatable bonds is 7. The molecule has 9 nitrogen and oxygen atoms in total. The van der Waals surface area contributed by atoms with Gasteiger partial charge in [0.15, 0.2) is 17.3 Å². The van der Waals surface area contributed by atoms with Gasteiger partial charge in [-0.3, -0.25) is 14.3 Å². The summed E-state index contributed by atoms with van der Waals surface area (Å²) in [6.07, 6.45) is 1.57. The van der Waals surface area contributed by atoms with Gasteiger partial charge in [0.2, 0.25) is 5.75 Å². The Morgan fingerprint density at radius 3 is 2.50 bits per heavy atom. The van der Waals surface area contributed by atoms with E-state index in [9.17, 15) is 9.59 Å². The number of hydrogen-bond donors (Lipinski definition) is 1. The fourth-order valence-electron chi connectivity index (χ4n) is 3.37. The van der Waals surface area contributed by atoms with E-state index in [0.29, 0.717) is 11.6 Å². The van der Waals surface area contributed by atoms with Gasteiger partial charge in [0, 0.05) is 31.3 Å². The smallest absolute Gasteiger partial charge is 0.311 e. The zero-order valence-corrected chi connectivity index (χ0v) is 19.1. The molecule has 1 amide bonds. The number of amides is 1. The average molecular weight is 438 g/mol. The quantitative estimate of drug-likeness (QED) is 0.565. The van der Waals surface area contributed by atoms with Gasteiger partial charge in [0.05, 0.1) is 13.2 Å². The van der Waals surface area contributed by atoms with Gasteiger partial charge in [0.1, 0.15) is 5.82 Å². The zero-order chi connectivity index (χ0) is 23.4. The average Bonchev–Trinajstić information content (AvgIpc) is 3.14. The van der Waals surface area contributed by atoms with E-state index in [1.165, 1.54) is 19.4 Å². The highest BCUT2D eigenvalue weighted by Crippen LogP contribution is 2.30. The zero-order valence-electron chi connectivity index (χ0n) is 19.1. The van der Waals surface area contributed by atoms with E-state index in [1.807, 2.05) is 26.0 Å². The molecule has 0 aliphatic heterocycles. The van der Waals surface area contributed by atoms with Crippen LogP contribution < -0.4 is 14.8 Å². The molecule has 0 radical (unpaired) electrons. The number of nitrogens with one attached hydrogen (secondary N) is 1. The molecule has 0 fully saturated rings. The van der Waals surface area contributed by atoms with E-state index >= 15 is 0 Å². The fourth-order valence-corrected chi connectivity index (χ4v) is 3.37. The van der Waals surface area contributed by atoms with E-state index in [1.54, 1.807) is 25.6 Å². The molecule has 2 heterocycles. The second-order valence-corrected chi connectivity index (χ2v) is 7.51. The van der Waals surface area contributed by atoms with Gasteiger partial charge in [-0.1, -0.05) is 24.1 Å². The number of pyridine rings is 1. The Balaban J connectivity index is 1.87. The van der Waals surface area contributed by atoms with Crippen LogP contribution in [-0.2, 0) is 11.8 Å². The van der Waals surface area contributed by atoms with Crippen molar-refractivity contribution in [1.29, 1.82) is 0 Å². The first-order chi connectivity index (χ1) is 15.2. The van der Waals surface area contributed by atoms with E-state index in [2.05, 4.69) is 26.4 Å². The Morgan fingerprint density at radius 1 is 1.19 bits per heavy atom. The predicted octanol–water partition coefficient (Wildman–Crippen LogP) is 3.31. The second-order valence-electron chi connectivity index (χ2n) is 7.51. The largest absolute Gasteiger partial charge is 0.493 e. The van der Waals surface area contributed by atoms with Crippen molar-refractivity contribution in [3.63, 3.8) is 0 Å². The number of aromatic nitrogens is 4. The maximum Gasteiger partial charge on any atom is 0.311 e. The van der Waals surface area contributed by atoms with Crippen molar-refractivity contribution in [1.82, 2.24) is 25.1 Å². The van der Waals surface area contributed by atoms with Crippen LogP contribution >= 0.6 is 0 Å².